The van der Waals surface area contributed by atoms with Crippen molar-refractivity contribution in [3.05, 3.63) is 35.9 Å². The van der Waals surface area contributed by atoms with E-state index in [2.05, 4.69) is 10.4 Å². The van der Waals surface area contributed by atoms with E-state index in [0.29, 0.717) is 11.4 Å². The molecule has 0 bridgehead atoms. The quantitative estimate of drug-likeness (QED) is 0.887. The van der Waals surface area contributed by atoms with E-state index in [9.17, 15) is 12.8 Å². The van der Waals surface area contributed by atoms with Crippen molar-refractivity contribution in [2.75, 3.05) is 5.32 Å². The molecule has 2 rings (SSSR count). The van der Waals surface area contributed by atoms with Crippen molar-refractivity contribution in [2.24, 2.45) is 12.2 Å². The van der Waals surface area contributed by atoms with Gasteiger partial charge in [0.05, 0.1) is 22.0 Å². The van der Waals surface area contributed by atoms with Gasteiger partial charge in [-0.2, -0.15) is 5.10 Å². The van der Waals surface area contributed by atoms with Crippen molar-refractivity contribution in [3.8, 4) is 0 Å². The Hall–Kier alpha value is -1.93. The van der Waals surface area contributed by atoms with Crippen LogP contribution < -0.4 is 10.5 Å². The molecule has 19 heavy (non-hydrogen) atoms. The first-order chi connectivity index (χ1) is 8.77. The molecule has 1 aromatic carbocycles. The van der Waals surface area contributed by atoms with Crippen molar-refractivity contribution in [2.45, 2.75) is 11.8 Å². The molecule has 6 nitrogen and oxygen atoms in total. The van der Waals surface area contributed by atoms with Crippen molar-refractivity contribution >= 4 is 21.4 Å². The number of nitrogens with one attached hydrogen (secondary N) is 1. The van der Waals surface area contributed by atoms with E-state index in [1.165, 1.54) is 12.1 Å². The molecule has 0 aliphatic rings. The van der Waals surface area contributed by atoms with E-state index >= 15 is 0 Å². The molecule has 2 aromatic rings. The number of hydrogen-bond donors (Lipinski definition) is 2. The van der Waals surface area contributed by atoms with Crippen LogP contribution in [0.3, 0.4) is 0 Å². The maximum Gasteiger partial charge on any atom is 0.238 e. The molecular weight excluding hydrogens is 271 g/mol. The Morgan fingerprint density at radius 1 is 1.37 bits per heavy atom. The summed E-state index contributed by atoms with van der Waals surface area (Å²) in [7, 11) is -2.15. The number of benzene rings is 1. The van der Waals surface area contributed by atoms with Gasteiger partial charge in [0.1, 0.15) is 5.82 Å². The Labute approximate surface area is 110 Å². The van der Waals surface area contributed by atoms with E-state index < -0.39 is 15.8 Å². The maximum atomic E-state index is 13.8. The smallest absolute Gasteiger partial charge is 0.238 e. The summed E-state index contributed by atoms with van der Waals surface area (Å²) in [6.07, 6.45) is 1.70. The van der Waals surface area contributed by atoms with Crippen LogP contribution in [0.25, 0.3) is 0 Å². The summed E-state index contributed by atoms with van der Waals surface area (Å²) in [5.74, 6) is -0.699. The fraction of sp³-hybridized carbons (Fsp3) is 0.182. The van der Waals surface area contributed by atoms with E-state index in [1.54, 1.807) is 24.9 Å². The summed E-state index contributed by atoms with van der Waals surface area (Å²) in [6.45, 7) is 1.78. The number of rotatable bonds is 3. The summed E-state index contributed by atoms with van der Waals surface area (Å²) in [4.78, 5) is -0.265. The molecule has 0 saturated heterocycles. The Kier molecular flexibility index (Phi) is 3.29. The summed E-state index contributed by atoms with van der Waals surface area (Å²) < 4.78 is 37.6. The lowest BCUT2D eigenvalue weighted by molar-refractivity contribution is 0.593. The maximum absolute atomic E-state index is 13.8. The van der Waals surface area contributed by atoms with Crippen LogP contribution in [-0.2, 0) is 17.1 Å². The average Bonchev–Trinajstić information content (AvgIpc) is 2.59. The van der Waals surface area contributed by atoms with Gasteiger partial charge in [0, 0.05) is 13.2 Å². The molecule has 0 aliphatic heterocycles. The minimum absolute atomic E-state index is 0.156. The molecule has 0 saturated carbocycles. The van der Waals surface area contributed by atoms with E-state index in [1.807, 2.05) is 0 Å². The predicted octanol–water partition coefficient (Wildman–Crippen LogP) is 1.26. The molecule has 0 atom stereocenters. The van der Waals surface area contributed by atoms with Gasteiger partial charge in [-0.3, -0.25) is 4.68 Å². The summed E-state index contributed by atoms with van der Waals surface area (Å²) >= 11 is 0. The number of aromatic nitrogens is 2. The molecular formula is C11H13FN4O2S. The van der Waals surface area contributed by atoms with Gasteiger partial charge in [0.15, 0.2) is 0 Å². The fourth-order valence-electron chi connectivity index (χ4n) is 1.64. The lowest BCUT2D eigenvalue weighted by Crippen LogP contribution is -2.12. The first kappa shape index (κ1) is 13.5. The van der Waals surface area contributed by atoms with Crippen LogP contribution in [0, 0.1) is 12.7 Å². The minimum Gasteiger partial charge on any atom is -0.350 e. The first-order valence-electron chi connectivity index (χ1n) is 5.37. The standard InChI is InChI=1S/C11H13FN4O2S/c1-7-11(6-16(2)15-7)14-10-4-3-8(5-9(10)12)19(13,17)18/h3-6,14H,1-2H3,(H2,13,17,18). The molecule has 8 heteroatoms. The third kappa shape index (κ3) is 2.91. The zero-order valence-corrected chi connectivity index (χ0v) is 11.2. The number of nitrogens with two attached hydrogens (primary N) is 1. The third-order valence-corrected chi connectivity index (χ3v) is 3.46. The fourth-order valence-corrected chi connectivity index (χ4v) is 2.17. The zero-order chi connectivity index (χ0) is 14.2. The third-order valence-electron chi connectivity index (χ3n) is 2.55. The van der Waals surface area contributed by atoms with Crippen LogP contribution in [0.15, 0.2) is 29.3 Å². The average molecular weight is 284 g/mol. The first-order valence-corrected chi connectivity index (χ1v) is 6.91. The normalized spacial score (nSPS) is 11.6. The second-order valence-corrected chi connectivity index (χ2v) is 5.67. The van der Waals surface area contributed by atoms with Gasteiger partial charge >= 0.3 is 0 Å². The molecule has 0 spiro atoms. The SMILES string of the molecule is Cc1nn(C)cc1Nc1ccc(S(N)(=O)=O)cc1F. The molecule has 102 valence electrons. The Morgan fingerprint density at radius 3 is 2.53 bits per heavy atom. The van der Waals surface area contributed by atoms with Gasteiger partial charge in [0.25, 0.3) is 0 Å². The predicted molar refractivity (Wildman–Crippen MR) is 69.0 cm³/mol. The van der Waals surface area contributed by atoms with E-state index in [-0.39, 0.29) is 10.6 Å². The van der Waals surface area contributed by atoms with Gasteiger partial charge in [-0.15, -0.1) is 0 Å². The van der Waals surface area contributed by atoms with E-state index in [0.717, 1.165) is 6.07 Å². The summed E-state index contributed by atoms with van der Waals surface area (Å²) in [5, 5.41) is 11.9. The van der Waals surface area contributed by atoms with Crippen LogP contribution in [0.1, 0.15) is 5.69 Å². The van der Waals surface area contributed by atoms with Gasteiger partial charge < -0.3 is 5.32 Å². The molecule has 0 amide bonds. The Balaban J connectivity index is 2.35. The van der Waals surface area contributed by atoms with Crippen LogP contribution in [0.2, 0.25) is 0 Å². The highest BCUT2D eigenvalue weighted by molar-refractivity contribution is 7.89. The number of hydrogen-bond acceptors (Lipinski definition) is 4. The highest BCUT2D eigenvalue weighted by Crippen LogP contribution is 2.23. The highest BCUT2D eigenvalue weighted by Gasteiger charge is 2.12. The molecule has 0 radical (unpaired) electrons. The summed E-state index contributed by atoms with van der Waals surface area (Å²) in [5.41, 5.74) is 1.51. The molecule has 1 heterocycles. The number of primary sulfonamides is 1. The highest BCUT2D eigenvalue weighted by atomic mass is 32.2. The molecule has 0 aliphatic carbocycles. The Bertz CT molecular complexity index is 724. The largest absolute Gasteiger partial charge is 0.350 e. The molecule has 1 aromatic heterocycles. The lowest BCUT2D eigenvalue weighted by Gasteiger charge is -2.07. The molecule has 0 unspecified atom stereocenters. The van der Waals surface area contributed by atoms with Crippen LogP contribution in [0.5, 0.6) is 0 Å². The second kappa shape index (κ2) is 4.63. The Morgan fingerprint density at radius 2 is 2.05 bits per heavy atom. The van der Waals surface area contributed by atoms with Crippen molar-refractivity contribution < 1.29 is 12.8 Å². The summed E-state index contributed by atoms with van der Waals surface area (Å²) in [6, 6.07) is 3.44. The number of aryl methyl sites for hydroxylation is 2. The zero-order valence-electron chi connectivity index (χ0n) is 10.4. The number of nitrogens with zero attached hydrogens (tertiary/aromatic N) is 2. The molecule has 0 fully saturated rings. The lowest BCUT2D eigenvalue weighted by atomic mass is 10.3. The van der Waals surface area contributed by atoms with Crippen molar-refractivity contribution in [1.29, 1.82) is 0 Å². The second-order valence-electron chi connectivity index (χ2n) is 4.11. The van der Waals surface area contributed by atoms with Crippen molar-refractivity contribution in [1.82, 2.24) is 9.78 Å². The van der Waals surface area contributed by atoms with Gasteiger partial charge in [-0.25, -0.2) is 17.9 Å². The van der Waals surface area contributed by atoms with Crippen LogP contribution in [-0.4, -0.2) is 18.2 Å². The van der Waals surface area contributed by atoms with Gasteiger partial charge in [-0.05, 0) is 25.1 Å². The number of sulfonamides is 1. The van der Waals surface area contributed by atoms with E-state index in [4.69, 9.17) is 5.14 Å². The number of anilines is 2. The van der Waals surface area contributed by atoms with Crippen LogP contribution >= 0.6 is 0 Å². The topological polar surface area (TPSA) is 90.0 Å². The molecule has 3 N–H and O–H groups in total. The monoisotopic (exact) mass is 284 g/mol. The van der Waals surface area contributed by atoms with Crippen LogP contribution in [0.4, 0.5) is 15.8 Å². The van der Waals surface area contributed by atoms with Crippen molar-refractivity contribution in [3.63, 3.8) is 0 Å². The number of halogens is 1. The van der Waals surface area contributed by atoms with Gasteiger partial charge in [-0.1, -0.05) is 0 Å². The minimum atomic E-state index is -3.90. The van der Waals surface area contributed by atoms with Gasteiger partial charge in [0.2, 0.25) is 10.0 Å².